The van der Waals surface area contributed by atoms with E-state index in [1.165, 1.54) is 16.9 Å². The van der Waals surface area contributed by atoms with Crippen LogP contribution in [0.3, 0.4) is 0 Å². The molecular formula is C19H19N3O2S2. The number of nitrogens with zero attached hydrogens (tertiary/aromatic N) is 1. The molecule has 0 spiro atoms. The highest BCUT2D eigenvalue weighted by Crippen LogP contribution is 2.31. The first-order valence-corrected chi connectivity index (χ1v) is 10.8. The van der Waals surface area contributed by atoms with Gasteiger partial charge in [-0.3, -0.25) is 9.71 Å². The topological polar surface area (TPSA) is 71.1 Å². The zero-order valence-corrected chi connectivity index (χ0v) is 15.7. The van der Waals surface area contributed by atoms with Gasteiger partial charge in [0.2, 0.25) is 0 Å². The van der Waals surface area contributed by atoms with E-state index in [1.807, 2.05) is 42.5 Å². The average Bonchev–Trinajstić information content (AvgIpc) is 3.35. The summed E-state index contributed by atoms with van der Waals surface area (Å²) in [6, 6.07) is 16.7. The monoisotopic (exact) mass is 385 g/mol. The lowest BCUT2D eigenvalue weighted by atomic mass is 9.98. The minimum absolute atomic E-state index is 0.280. The van der Waals surface area contributed by atoms with Crippen LogP contribution in [0.1, 0.15) is 17.9 Å². The lowest BCUT2D eigenvalue weighted by Gasteiger charge is -2.11. The van der Waals surface area contributed by atoms with Crippen LogP contribution in [0.4, 0.5) is 5.69 Å². The van der Waals surface area contributed by atoms with Crippen molar-refractivity contribution in [3.8, 4) is 10.6 Å². The van der Waals surface area contributed by atoms with Gasteiger partial charge in [-0.25, -0.2) is 8.42 Å². The van der Waals surface area contributed by atoms with Gasteiger partial charge in [-0.1, -0.05) is 18.2 Å². The molecule has 0 amide bonds. The Morgan fingerprint density at radius 1 is 1.08 bits per heavy atom. The highest BCUT2D eigenvalue weighted by Gasteiger charge is 2.19. The van der Waals surface area contributed by atoms with Crippen molar-refractivity contribution >= 4 is 27.0 Å². The van der Waals surface area contributed by atoms with E-state index in [2.05, 4.69) is 15.0 Å². The van der Waals surface area contributed by atoms with E-state index in [0.29, 0.717) is 11.6 Å². The van der Waals surface area contributed by atoms with Crippen molar-refractivity contribution in [3.05, 3.63) is 66.4 Å². The molecule has 5 nitrogen and oxygen atoms in total. The fraction of sp³-hybridized carbons (Fsp3) is 0.211. The fourth-order valence-electron chi connectivity index (χ4n) is 3.08. The maximum Gasteiger partial charge on any atom is 0.271 e. The van der Waals surface area contributed by atoms with Gasteiger partial charge in [-0.2, -0.15) is 0 Å². The predicted octanol–water partition coefficient (Wildman–Crippen LogP) is 3.69. The quantitative estimate of drug-likeness (QED) is 0.703. The van der Waals surface area contributed by atoms with Crippen molar-refractivity contribution in [2.45, 2.75) is 16.5 Å². The van der Waals surface area contributed by atoms with E-state index in [9.17, 15) is 8.42 Å². The van der Waals surface area contributed by atoms with Gasteiger partial charge in [0, 0.05) is 18.4 Å². The molecule has 26 heavy (non-hydrogen) atoms. The molecule has 2 N–H and O–H groups in total. The van der Waals surface area contributed by atoms with Crippen LogP contribution >= 0.6 is 11.3 Å². The largest absolute Gasteiger partial charge is 0.316 e. The number of pyridine rings is 1. The number of hydrogen-bond donors (Lipinski definition) is 2. The number of thiophene rings is 1. The molecule has 0 radical (unpaired) electrons. The maximum absolute atomic E-state index is 12.7. The van der Waals surface area contributed by atoms with Crippen LogP contribution in [-0.2, 0) is 10.0 Å². The first-order valence-electron chi connectivity index (χ1n) is 8.46. The van der Waals surface area contributed by atoms with Crippen molar-refractivity contribution in [1.29, 1.82) is 0 Å². The highest BCUT2D eigenvalue weighted by atomic mass is 32.2. The van der Waals surface area contributed by atoms with Crippen LogP contribution < -0.4 is 10.0 Å². The first kappa shape index (κ1) is 17.2. The fourth-order valence-corrected chi connectivity index (χ4v) is 5.42. The molecule has 3 heterocycles. The molecule has 3 aromatic rings. The zero-order chi connectivity index (χ0) is 18.0. The number of nitrogens with one attached hydrogen (secondary N) is 2. The Hall–Kier alpha value is -2.22. The Bertz CT molecular complexity index is 977. The van der Waals surface area contributed by atoms with E-state index in [0.717, 1.165) is 30.1 Å². The Kier molecular flexibility index (Phi) is 4.76. The van der Waals surface area contributed by atoms with E-state index in [4.69, 9.17) is 0 Å². The third-order valence-electron chi connectivity index (χ3n) is 4.46. The van der Waals surface area contributed by atoms with E-state index in [1.54, 1.807) is 18.3 Å². The third-order valence-corrected chi connectivity index (χ3v) is 7.44. The summed E-state index contributed by atoms with van der Waals surface area (Å²) in [5, 5.41) is 3.35. The minimum Gasteiger partial charge on any atom is -0.316 e. The lowest BCUT2D eigenvalue weighted by molar-refractivity contribution is 0.603. The second-order valence-corrected chi connectivity index (χ2v) is 9.24. The number of benzene rings is 1. The Morgan fingerprint density at radius 3 is 2.62 bits per heavy atom. The molecule has 0 aliphatic carbocycles. The molecule has 0 unspecified atom stereocenters. The first-order chi connectivity index (χ1) is 12.6. The second kappa shape index (κ2) is 7.19. The van der Waals surface area contributed by atoms with E-state index >= 15 is 0 Å². The normalized spacial score (nSPS) is 17.3. The van der Waals surface area contributed by atoms with Crippen LogP contribution in [0, 0.1) is 0 Å². The number of aromatic nitrogens is 1. The highest BCUT2D eigenvalue weighted by molar-refractivity contribution is 7.94. The second-order valence-electron chi connectivity index (χ2n) is 6.25. The summed E-state index contributed by atoms with van der Waals surface area (Å²) in [6.45, 7) is 2.02. The van der Waals surface area contributed by atoms with Gasteiger partial charge >= 0.3 is 0 Å². The molecule has 1 aliphatic rings. The van der Waals surface area contributed by atoms with Gasteiger partial charge < -0.3 is 5.32 Å². The lowest BCUT2D eigenvalue weighted by Crippen LogP contribution is -2.11. The van der Waals surface area contributed by atoms with Crippen LogP contribution in [0.15, 0.2) is 65.0 Å². The molecule has 4 rings (SSSR count). The average molecular weight is 386 g/mol. The molecule has 134 valence electrons. The summed E-state index contributed by atoms with van der Waals surface area (Å²) in [7, 11) is -3.60. The minimum atomic E-state index is -3.60. The van der Waals surface area contributed by atoms with Crippen molar-refractivity contribution in [1.82, 2.24) is 10.3 Å². The molecule has 1 atom stereocenters. The van der Waals surface area contributed by atoms with Crippen LogP contribution in [0.5, 0.6) is 0 Å². The molecule has 1 aliphatic heterocycles. The van der Waals surface area contributed by atoms with E-state index in [-0.39, 0.29) is 4.21 Å². The number of rotatable bonds is 5. The smallest absolute Gasteiger partial charge is 0.271 e. The third kappa shape index (κ3) is 3.65. The molecule has 7 heteroatoms. The van der Waals surface area contributed by atoms with Crippen molar-refractivity contribution in [2.75, 3.05) is 17.8 Å². The summed E-state index contributed by atoms with van der Waals surface area (Å²) in [5.41, 5.74) is 2.59. The van der Waals surface area contributed by atoms with Gasteiger partial charge in [-0.05, 0) is 60.8 Å². The summed E-state index contributed by atoms with van der Waals surface area (Å²) >= 11 is 1.21. The van der Waals surface area contributed by atoms with Gasteiger partial charge in [0.05, 0.1) is 10.6 Å². The SMILES string of the molecule is O=S(=O)(Nc1ccc([C@@H]2CCNC2)cc1)c1ccc(-c2ccccn2)s1. The number of sulfonamides is 1. The van der Waals surface area contributed by atoms with Gasteiger partial charge in [0.25, 0.3) is 10.0 Å². The zero-order valence-electron chi connectivity index (χ0n) is 14.1. The molecule has 1 saturated heterocycles. The molecule has 2 aromatic heterocycles. The number of hydrogen-bond acceptors (Lipinski definition) is 5. The van der Waals surface area contributed by atoms with Crippen molar-refractivity contribution in [3.63, 3.8) is 0 Å². The Morgan fingerprint density at radius 2 is 1.92 bits per heavy atom. The Balaban J connectivity index is 1.51. The summed E-state index contributed by atoms with van der Waals surface area (Å²) in [4.78, 5) is 5.09. The van der Waals surface area contributed by atoms with Gasteiger partial charge in [0.15, 0.2) is 0 Å². The van der Waals surface area contributed by atoms with Crippen molar-refractivity contribution < 1.29 is 8.42 Å². The molecule has 0 saturated carbocycles. The van der Waals surface area contributed by atoms with Crippen molar-refractivity contribution in [2.24, 2.45) is 0 Å². The molecular weight excluding hydrogens is 366 g/mol. The molecule has 1 aromatic carbocycles. The molecule has 1 fully saturated rings. The van der Waals surface area contributed by atoms with E-state index < -0.39 is 10.0 Å². The summed E-state index contributed by atoms with van der Waals surface area (Å²) in [6.07, 6.45) is 2.82. The standard InChI is InChI=1S/C19H19N3O2S2/c23-26(24,19-9-8-18(25-19)17-3-1-2-11-21-17)22-16-6-4-14(5-7-16)15-10-12-20-13-15/h1-9,11,15,20,22H,10,12-13H2/t15-/m1/s1. The Labute approximate surface area is 157 Å². The number of anilines is 1. The van der Waals surface area contributed by atoms with Crippen LogP contribution in [0.2, 0.25) is 0 Å². The van der Waals surface area contributed by atoms with Gasteiger partial charge in [-0.15, -0.1) is 11.3 Å². The predicted molar refractivity (Wildman–Crippen MR) is 105 cm³/mol. The summed E-state index contributed by atoms with van der Waals surface area (Å²) < 4.78 is 28.3. The maximum atomic E-state index is 12.7. The molecule has 0 bridgehead atoms. The van der Waals surface area contributed by atoms with Gasteiger partial charge in [0.1, 0.15) is 4.21 Å². The summed E-state index contributed by atoms with van der Waals surface area (Å²) in [5.74, 6) is 0.513. The van der Waals surface area contributed by atoms with Crippen LogP contribution in [-0.4, -0.2) is 26.5 Å². The van der Waals surface area contributed by atoms with Crippen LogP contribution in [0.25, 0.3) is 10.6 Å².